The third kappa shape index (κ3) is 2.45. The minimum absolute atomic E-state index is 0.104. The van der Waals surface area contributed by atoms with Gasteiger partial charge in [-0.2, -0.15) is 0 Å². The number of cyclic esters (lactones) is 1. The topological polar surface area (TPSA) is 29.5 Å². The second-order valence-electron chi connectivity index (χ2n) is 5.60. The average Bonchev–Trinajstić information content (AvgIpc) is 2.85. The Morgan fingerprint density at radius 1 is 1.30 bits per heavy atom. The Morgan fingerprint density at radius 3 is 2.85 bits per heavy atom. The van der Waals surface area contributed by atoms with Gasteiger partial charge in [0.15, 0.2) is 0 Å². The zero-order valence-corrected chi connectivity index (χ0v) is 12.0. The molecule has 0 radical (unpaired) electrons. The molecule has 2 aliphatic rings. The Balaban J connectivity index is 1.87. The number of ether oxygens (including phenoxy) is 1. The molecule has 3 rings (SSSR count). The first-order valence-corrected chi connectivity index (χ1v) is 7.49. The summed E-state index contributed by atoms with van der Waals surface area (Å²) in [5.41, 5.74) is 3.33. The summed E-state index contributed by atoms with van der Waals surface area (Å²) < 4.78 is 5.24. The van der Waals surface area contributed by atoms with Crippen LogP contribution in [0, 0.1) is 0 Å². The standard InChI is InChI=1S/C17H21NO2/c1-2-6-14-9-10-15-16(12-20-17(15)19)18(14)11-13-7-4-3-5-8-13/h3-5,7-8,14H,2,6,9-12H2,1H3. The number of esters is 1. The van der Waals surface area contributed by atoms with E-state index in [2.05, 4.69) is 36.1 Å². The SMILES string of the molecule is CCCC1CCC2=C(COC2=O)N1Cc1ccccc1. The summed E-state index contributed by atoms with van der Waals surface area (Å²) >= 11 is 0. The minimum atomic E-state index is -0.104. The molecule has 106 valence electrons. The van der Waals surface area contributed by atoms with Crippen LogP contribution < -0.4 is 0 Å². The minimum Gasteiger partial charge on any atom is -0.456 e. The highest BCUT2D eigenvalue weighted by molar-refractivity contribution is 5.91. The number of hydrogen-bond acceptors (Lipinski definition) is 3. The van der Waals surface area contributed by atoms with E-state index in [1.54, 1.807) is 0 Å². The molecule has 20 heavy (non-hydrogen) atoms. The van der Waals surface area contributed by atoms with Gasteiger partial charge in [0, 0.05) is 12.6 Å². The number of hydrogen-bond donors (Lipinski definition) is 0. The molecule has 2 heterocycles. The van der Waals surface area contributed by atoms with Gasteiger partial charge in [0.25, 0.3) is 0 Å². The molecule has 1 aromatic rings. The van der Waals surface area contributed by atoms with Crippen molar-refractivity contribution < 1.29 is 9.53 Å². The van der Waals surface area contributed by atoms with Crippen LogP contribution in [0.1, 0.15) is 38.2 Å². The lowest BCUT2D eigenvalue weighted by Crippen LogP contribution is -2.38. The lowest BCUT2D eigenvalue weighted by Gasteiger charge is -2.37. The van der Waals surface area contributed by atoms with E-state index in [9.17, 15) is 4.79 Å². The van der Waals surface area contributed by atoms with Gasteiger partial charge >= 0.3 is 5.97 Å². The molecule has 0 saturated heterocycles. The predicted octanol–water partition coefficient (Wildman–Crippen LogP) is 3.26. The summed E-state index contributed by atoms with van der Waals surface area (Å²) in [5.74, 6) is -0.104. The maximum atomic E-state index is 11.8. The van der Waals surface area contributed by atoms with Crippen LogP contribution in [-0.4, -0.2) is 23.5 Å². The molecule has 0 bridgehead atoms. The van der Waals surface area contributed by atoms with E-state index in [0.717, 1.165) is 30.7 Å². The summed E-state index contributed by atoms with van der Waals surface area (Å²) in [6, 6.07) is 11.0. The molecular formula is C17H21NO2. The van der Waals surface area contributed by atoms with Gasteiger partial charge in [-0.15, -0.1) is 0 Å². The van der Waals surface area contributed by atoms with Crippen LogP contribution in [0.5, 0.6) is 0 Å². The van der Waals surface area contributed by atoms with Gasteiger partial charge in [0.05, 0.1) is 11.3 Å². The maximum Gasteiger partial charge on any atom is 0.336 e. The fourth-order valence-corrected chi connectivity index (χ4v) is 3.25. The highest BCUT2D eigenvalue weighted by Gasteiger charge is 2.35. The molecule has 0 aromatic heterocycles. The van der Waals surface area contributed by atoms with Crippen LogP contribution >= 0.6 is 0 Å². The lowest BCUT2D eigenvalue weighted by molar-refractivity contribution is -0.136. The van der Waals surface area contributed by atoms with Gasteiger partial charge in [-0.25, -0.2) is 4.79 Å². The first-order valence-electron chi connectivity index (χ1n) is 7.49. The molecule has 1 aromatic carbocycles. The molecule has 3 heteroatoms. The van der Waals surface area contributed by atoms with Gasteiger partial charge in [0.2, 0.25) is 0 Å². The van der Waals surface area contributed by atoms with E-state index in [1.807, 2.05) is 6.07 Å². The Bertz CT molecular complexity index is 521. The molecule has 3 nitrogen and oxygen atoms in total. The lowest BCUT2D eigenvalue weighted by atomic mass is 9.93. The Labute approximate surface area is 120 Å². The summed E-state index contributed by atoms with van der Waals surface area (Å²) in [5, 5.41) is 0. The molecule has 0 fully saturated rings. The van der Waals surface area contributed by atoms with Crippen LogP contribution in [-0.2, 0) is 16.1 Å². The number of carbonyl (C=O) groups is 1. The van der Waals surface area contributed by atoms with Gasteiger partial charge in [-0.05, 0) is 24.8 Å². The first-order chi connectivity index (χ1) is 9.79. The van der Waals surface area contributed by atoms with Crippen LogP contribution in [0.25, 0.3) is 0 Å². The van der Waals surface area contributed by atoms with E-state index in [0.29, 0.717) is 12.6 Å². The molecule has 0 aliphatic carbocycles. The summed E-state index contributed by atoms with van der Waals surface area (Å²) in [6.07, 6.45) is 4.30. The molecule has 1 unspecified atom stereocenters. The van der Waals surface area contributed by atoms with E-state index in [4.69, 9.17) is 4.74 Å². The molecule has 0 spiro atoms. The van der Waals surface area contributed by atoms with Gasteiger partial charge in [-0.1, -0.05) is 43.7 Å². The summed E-state index contributed by atoms with van der Waals surface area (Å²) in [4.78, 5) is 14.2. The number of carbonyl (C=O) groups excluding carboxylic acids is 1. The summed E-state index contributed by atoms with van der Waals surface area (Å²) in [6.45, 7) is 3.56. The van der Waals surface area contributed by atoms with Crippen molar-refractivity contribution in [1.82, 2.24) is 4.90 Å². The van der Waals surface area contributed by atoms with Crippen molar-refractivity contribution in [3.05, 3.63) is 47.2 Å². The van der Waals surface area contributed by atoms with E-state index >= 15 is 0 Å². The van der Waals surface area contributed by atoms with Crippen LogP contribution in [0.3, 0.4) is 0 Å². The van der Waals surface area contributed by atoms with E-state index in [1.165, 1.54) is 18.4 Å². The predicted molar refractivity (Wildman–Crippen MR) is 77.9 cm³/mol. The fourth-order valence-electron chi connectivity index (χ4n) is 3.25. The van der Waals surface area contributed by atoms with Crippen molar-refractivity contribution >= 4 is 5.97 Å². The van der Waals surface area contributed by atoms with Crippen molar-refractivity contribution in [3.8, 4) is 0 Å². The largest absolute Gasteiger partial charge is 0.456 e. The van der Waals surface area contributed by atoms with Crippen molar-refractivity contribution in [2.24, 2.45) is 0 Å². The zero-order chi connectivity index (χ0) is 13.9. The molecule has 2 aliphatic heterocycles. The molecule has 0 saturated carbocycles. The van der Waals surface area contributed by atoms with E-state index in [-0.39, 0.29) is 5.97 Å². The van der Waals surface area contributed by atoms with Crippen LogP contribution in [0.15, 0.2) is 41.6 Å². The Hall–Kier alpha value is -1.77. The third-order valence-corrected chi connectivity index (χ3v) is 4.27. The number of rotatable bonds is 4. The van der Waals surface area contributed by atoms with Gasteiger partial charge in [0.1, 0.15) is 6.61 Å². The van der Waals surface area contributed by atoms with Crippen LogP contribution in [0.2, 0.25) is 0 Å². The first kappa shape index (κ1) is 13.2. The number of benzene rings is 1. The second-order valence-corrected chi connectivity index (χ2v) is 5.60. The molecular weight excluding hydrogens is 250 g/mol. The smallest absolute Gasteiger partial charge is 0.336 e. The highest BCUT2D eigenvalue weighted by atomic mass is 16.5. The monoisotopic (exact) mass is 271 g/mol. The Kier molecular flexibility index (Phi) is 3.77. The molecule has 0 N–H and O–H groups in total. The quantitative estimate of drug-likeness (QED) is 0.787. The fraction of sp³-hybridized carbons (Fsp3) is 0.471. The van der Waals surface area contributed by atoms with Crippen LogP contribution in [0.4, 0.5) is 0 Å². The maximum absolute atomic E-state index is 11.8. The van der Waals surface area contributed by atoms with Crippen molar-refractivity contribution in [2.45, 2.75) is 45.2 Å². The van der Waals surface area contributed by atoms with Gasteiger partial charge < -0.3 is 9.64 Å². The summed E-state index contributed by atoms with van der Waals surface area (Å²) in [7, 11) is 0. The van der Waals surface area contributed by atoms with E-state index < -0.39 is 0 Å². The normalized spacial score (nSPS) is 21.9. The molecule has 0 amide bonds. The van der Waals surface area contributed by atoms with Crippen molar-refractivity contribution in [3.63, 3.8) is 0 Å². The molecule has 1 atom stereocenters. The zero-order valence-electron chi connectivity index (χ0n) is 12.0. The van der Waals surface area contributed by atoms with Crippen molar-refractivity contribution in [2.75, 3.05) is 6.61 Å². The van der Waals surface area contributed by atoms with Gasteiger partial charge in [-0.3, -0.25) is 0 Å². The Morgan fingerprint density at radius 2 is 2.10 bits per heavy atom. The highest BCUT2D eigenvalue weighted by Crippen LogP contribution is 2.34. The second kappa shape index (κ2) is 5.70. The third-order valence-electron chi connectivity index (χ3n) is 4.27. The average molecular weight is 271 g/mol. The number of nitrogens with zero attached hydrogens (tertiary/aromatic N) is 1. The van der Waals surface area contributed by atoms with Crippen molar-refractivity contribution in [1.29, 1.82) is 0 Å².